The van der Waals surface area contributed by atoms with E-state index in [1.807, 2.05) is 32.9 Å². The average molecular weight is 419 g/mol. The Morgan fingerprint density at radius 2 is 1.90 bits per heavy atom. The number of aromatic nitrogens is 1. The van der Waals surface area contributed by atoms with E-state index < -0.39 is 14.9 Å². The molecule has 29 heavy (non-hydrogen) atoms. The van der Waals surface area contributed by atoms with Crippen molar-refractivity contribution in [3.05, 3.63) is 58.4 Å². The molecule has 156 valence electrons. The lowest BCUT2D eigenvalue weighted by Crippen LogP contribution is -2.42. The molecule has 0 aliphatic carbocycles. The van der Waals surface area contributed by atoms with Gasteiger partial charge in [-0.1, -0.05) is 19.9 Å². The summed E-state index contributed by atoms with van der Waals surface area (Å²) in [6.45, 7) is 6.74. The maximum atomic E-state index is 13.1. The summed E-state index contributed by atoms with van der Waals surface area (Å²) in [7, 11) is -3.79. The first kappa shape index (κ1) is 21.2. The summed E-state index contributed by atoms with van der Waals surface area (Å²) in [4.78, 5) is 15.3. The van der Waals surface area contributed by atoms with E-state index in [4.69, 9.17) is 0 Å². The van der Waals surface area contributed by atoms with Gasteiger partial charge >= 0.3 is 0 Å². The second kappa shape index (κ2) is 8.46. The molecule has 2 aromatic rings. The number of hydrogen-bond acceptors (Lipinski definition) is 6. The van der Waals surface area contributed by atoms with Gasteiger partial charge in [-0.3, -0.25) is 15.1 Å². The Kier molecular flexibility index (Phi) is 6.18. The van der Waals surface area contributed by atoms with E-state index in [9.17, 15) is 18.5 Å². The number of hydrogen-bond donors (Lipinski definition) is 1. The molecule has 0 spiro atoms. The SMILES string of the molecule is C[C@H]1C[C@H](C)CN(S(=O)(=O)c2ccc(N[C@@H](C)c3ccccn3)c([N+](=O)[O-])c2)C1. The third-order valence-corrected chi connectivity index (χ3v) is 6.97. The first-order valence-corrected chi connectivity index (χ1v) is 11.1. The summed E-state index contributed by atoms with van der Waals surface area (Å²) >= 11 is 0. The van der Waals surface area contributed by atoms with Crippen LogP contribution in [0.5, 0.6) is 0 Å². The van der Waals surface area contributed by atoms with Crippen LogP contribution in [0.15, 0.2) is 47.5 Å². The number of rotatable bonds is 6. The summed E-state index contributed by atoms with van der Waals surface area (Å²) in [5.74, 6) is 0.507. The van der Waals surface area contributed by atoms with Gasteiger partial charge in [0, 0.05) is 25.4 Å². The highest BCUT2D eigenvalue weighted by Gasteiger charge is 2.33. The predicted molar refractivity (Wildman–Crippen MR) is 111 cm³/mol. The Morgan fingerprint density at radius 1 is 1.21 bits per heavy atom. The topological polar surface area (TPSA) is 105 Å². The highest BCUT2D eigenvalue weighted by Crippen LogP contribution is 2.33. The smallest absolute Gasteiger partial charge is 0.293 e. The Morgan fingerprint density at radius 3 is 2.48 bits per heavy atom. The van der Waals surface area contributed by atoms with Crippen LogP contribution < -0.4 is 5.32 Å². The van der Waals surface area contributed by atoms with Crippen LogP contribution >= 0.6 is 0 Å². The van der Waals surface area contributed by atoms with Gasteiger partial charge < -0.3 is 5.32 Å². The zero-order chi connectivity index (χ0) is 21.2. The lowest BCUT2D eigenvalue weighted by molar-refractivity contribution is -0.384. The molecule has 1 aliphatic heterocycles. The van der Waals surface area contributed by atoms with Crippen LogP contribution in [0.2, 0.25) is 0 Å². The second-order valence-electron chi connectivity index (χ2n) is 7.82. The summed E-state index contributed by atoms with van der Waals surface area (Å²) in [6.07, 6.45) is 2.62. The lowest BCUT2D eigenvalue weighted by Gasteiger charge is -2.34. The summed E-state index contributed by atoms with van der Waals surface area (Å²) in [5, 5.41) is 14.7. The molecule has 0 unspecified atom stereocenters. The van der Waals surface area contributed by atoms with Gasteiger partial charge in [0.1, 0.15) is 5.69 Å². The van der Waals surface area contributed by atoms with Gasteiger partial charge in [0.15, 0.2) is 0 Å². The van der Waals surface area contributed by atoms with Gasteiger partial charge in [-0.25, -0.2) is 8.42 Å². The largest absolute Gasteiger partial charge is 0.371 e. The lowest BCUT2D eigenvalue weighted by atomic mass is 9.94. The fraction of sp³-hybridized carbons (Fsp3) is 0.450. The Labute approximate surface area is 171 Å². The molecule has 9 heteroatoms. The third-order valence-electron chi connectivity index (χ3n) is 5.14. The summed E-state index contributed by atoms with van der Waals surface area (Å²) in [6, 6.07) is 9.21. The maximum absolute atomic E-state index is 13.1. The second-order valence-corrected chi connectivity index (χ2v) is 9.76. The van der Waals surface area contributed by atoms with Gasteiger partial charge in [-0.2, -0.15) is 4.31 Å². The Bertz CT molecular complexity index is 971. The fourth-order valence-electron chi connectivity index (χ4n) is 3.84. The Balaban J connectivity index is 1.90. The maximum Gasteiger partial charge on any atom is 0.293 e. The monoisotopic (exact) mass is 418 g/mol. The highest BCUT2D eigenvalue weighted by atomic mass is 32.2. The summed E-state index contributed by atoms with van der Waals surface area (Å²) < 4.78 is 27.6. The third kappa shape index (κ3) is 4.73. The van der Waals surface area contributed by atoms with Gasteiger partial charge in [0.2, 0.25) is 10.0 Å². The van der Waals surface area contributed by atoms with Crippen molar-refractivity contribution in [2.45, 2.75) is 38.1 Å². The standard InChI is InChI=1S/C20H26N4O4S/c1-14-10-15(2)13-23(12-14)29(27,28)17-7-8-19(20(11-17)24(25)26)22-16(3)18-6-4-5-9-21-18/h4-9,11,14-16,22H,10,12-13H2,1-3H3/t14-,15-,16-/m0/s1. The molecule has 3 atom stereocenters. The number of pyridine rings is 1. The van der Waals surface area contributed by atoms with Crippen molar-refractivity contribution in [3.63, 3.8) is 0 Å². The average Bonchev–Trinajstić information content (AvgIpc) is 2.68. The molecule has 1 fully saturated rings. The van der Waals surface area contributed by atoms with Crippen LogP contribution in [0.4, 0.5) is 11.4 Å². The van der Waals surface area contributed by atoms with Crippen LogP contribution in [0.25, 0.3) is 0 Å². The molecular formula is C20H26N4O4S. The molecule has 0 saturated carbocycles. The van der Waals surface area contributed by atoms with Crippen molar-refractivity contribution >= 4 is 21.4 Å². The van der Waals surface area contributed by atoms with Crippen LogP contribution in [0.1, 0.15) is 38.9 Å². The van der Waals surface area contributed by atoms with Crippen LogP contribution in [0.3, 0.4) is 0 Å². The number of nitrogens with one attached hydrogen (secondary N) is 1. The van der Waals surface area contributed by atoms with Crippen LogP contribution in [-0.2, 0) is 10.0 Å². The quantitative estimate of drug-likeness (QED) is 0.564. The molecule has 2 heterocycles. The molecule has 8 nitrogen and oxygen atoms in total. The van der Waals surface area contributed by atoms with Crippen molar-refractivity contribution in [1.29, 1.82) is 0 Å². The number of nitrogens with zero attached hydrogens (tertiary/aromatic N) is 3. The minimum Gasteiger partial charge on any atom is -0.371 e. The first-order chi connectivity index (χ1) is 13.7. The molecule has 0 bridgehead atoms. The number of nitro benzene ring substituents is 1. The molecular weight excluding hydrogens is 392 g/mol. The minimum atomic E-state index is -3.79. The molecule has 1 saturated heterocycles. The number of nitro groups is 1. The molecule has 3 rings (SSSR count). The van der Waals surface area contributed by atoms with Crippen molar-refractivity contribution in [2.75, 3.05) is 18.4 Å². The summed E-state index contributed by atoms with van der Waals surface area (Å²) in [5.41, 5.74) is 0.717. The molecule has 0 amide bonds. The number of piperidine rings is 1. The number of sulfonamides is 1. The van der Waals surface area contributed by atoms with Crippen molar-refractivity contribution in [1.82, 2.24) is 9.29 Å². The minimum absolute atomic E-state index is 0.0541. The van der Waals surface area contributed by atoms with Crippen LogP contribution in [-0.4, -0.2) is 35.7 Å². The molecule has 1 N–H and O–H groups in total. The van der Waals surface area contributed by atoms with Gasteiger partial charge in [0.25, 0.3) is 5.69 Å². The van der Waals surface area contributed by atoms with Crippen molar-refractivity contribution in [2.24, 2.45) is 11.8 Å². The van der Waals surface area contributed by atoms with Gasteiger partial charge in [-0.05, 0) is 49.4 Å². The van der Waals surface area contributed by atoms with Crippen molar-refractivity contribution in [3.8, 4) is 0 Å². The van der Waals surface area contributed by atoms with Gasteiger partial charge in [0.05, 0.1) is 21.6 Å². The van der Waals surface area contributed by atoms with Crippen molar-refractivity contribution < 1.29 is 13.3 Å². The van der Waals surface area contributed by atoms with Gasteiger partial charge in [-0.15, -0.1) is 0 Å². The highest BCUT2D eigenvalue weighted by molar-refractivity contribution is 7.89. The Hall–Kier alpha value is -2.52. The number of anilines is 1. The van der Waals surface area contributed by atoms with E-state index in [1.54, 1.807) is 12.3 Å². The molecule has 1 aromatic carbocycles. The normalized spacial score (nSPS) is 21.5. The fourth-order valence-corrected chi connectivity index (χ4v) is 5.54. The van der Waals surface area contributed by atoms with E-state index in [1.165, 1.54) is 16.4 Å². The van der Waals surface area contributed by atoms with E-state index in [-0.39, 0.29) is 34.1 Å². The molecule has 1 aliphatic rings. The van der Waals surface area contributed by atoms with E-state index in [0.29, 0.717) is 13.1 Å². The van der Waals surface area contributed by atoms with E-state index in [0.717, 1.165) is 18.2 Å². The van der Waals surface area contributed by atoms with E-state index >= 15 is 0 Å². The predicted octanol–water partition coefficient (Wildman–Crippen LogP) is 3.83. The number of benzene rings is 1. The van der Waals surface area contributed by atoms with Crippen LogP contribution in [0, 0.1) is 22.0 Å². The van der Waals surface area contributed by atoms with E-state index in [2.05, 4.69) is 10.3 Å². The first-order valence-electron chi connectivity index (χ1n) is 9.64. The molecule has 0 radical (unpaired) electrons. The molecule has 1 aromatic heterocycles. The zero-order valence-electron chi connectivity index (χ0n) is 16.8. The zero-order valence-corrected chi connectivity index (χ0v) is 17.6.